The molecule has 1 aliphatic rings. The topological polar surface area (TPSA) is 33.2 Å². The lowest BCUT2D eigenvalue weighted by atomic mass is 10.4. The van der Waals surface area contributed by atoms with Crippen molar-refractivity contribution in [3.8, 4) is 0 Å². The molecule has 0 aliphatic carbocycles. The highest BCUT2D eigenvalue weighted by Gasteiger charge is 2.29. The zero-order valence-electron chi connectivity index (χ0n) is 7.65. The lowest BCUT2D eigenvalue weighted by Gasteiger charge is -2.15. The van der Waals surface area contributed by atoms with Gasteiger partial charge in [0.25, 0.3) is 0 Å². The molecule has 0 aromatic carbocycles. The van der Waals surface area contributed by atoms with Crippen LogP contribution in [0.5, 0.6) is 0 Å². The summed E-state index contributed by atoms with van der Waals surface area (Å²) in [4.78, 5) is 17.6. The van der Waals surface area contributed by atoms with E-state index in [0.29, 0.717) is 18.8 Å². The number of aromatic nitrogens is 1. The number of hydrogen-bond donors (Lipinski definition) is 1. The van der Waals surface area contributed by atoms with Crippen molar-refractivity contribution in [3.05, 3.63) is 20.3 Å². The first-order valence-corrected chi connectivity index (χ1v) is 6.77. The molecule has 0 radical (unpaired) electrons. The monoisotopic (exact) mass is 398 g/mol. The Balaban J connectivity index is 2.30. The highest BCUT2D eigenvalue weighted by Crippen LogP contribution is 2.25. The van der Waals surface area contributed by atoms with Gasteiger partial charge in [-0.15, -0.1) is 0 Å². The second kappa shape index (κ2) is 4.58. The lowest BCUT2D eigenvalue weighted by molar-refractivity contribution is -0.117. The third-order valence-electron chi connectivity index (χ3n) is 2.17. The molecule has 3 nitrogen and oxygen atoms in total. The van der Waals surface area contributed by atoms with Gasteiger partial charge in [0.2, 0.25) is 5.91 Å². The van der Waals surface area contributed by atoms with E-state index < -0.39 is 0 Å². The van der Waals surface area contributed by atoms with Crippen LogP contribution in [0.3, 0.4) is 0 Å². The van der Waals surface area contributed by atoms with Crippen LogP contribution < -0.4 is 4.90 Å². The van der Waals surface area contributed by atoms with E-state index in [2.05, 4.69) is 56.1 Å². The molecule has 2 rings (SSSR count). The molecule has 1 saturated heterocycles. The Morgan fingerprint density at radius 3 is 2.87 bits per heavy atom. The molecular weight excluding hydrogens is 391 g/mol. The molecule has 0 spiro atoms. The minimum atomic E-state index is 0.0932. The Hall–Kier alpha value is 0.180. The number of pyridine rings is 1. The molecule has 80 valence electrons. The van der Waals surface area contributed by atoms with Gasteiger partial charge in [0.15, 0.2) is 0 Å². The Bertz CT molecular complexity index is 415. The Morgan fingerprint density at radius 1 is 1.60 bits per heavy atom. The predicted molar refractivity (Wildman–Crippen MR) is 74.4 cm³/mol. The highest BCUT2D eigenvalue weighted by molar-refractivity contribution is 14.1. The molecule has 1 aliphatic heterocycles. The van der Waals surface area contributed by atoms with Gasteiger partial charge in [-0.25, -0.2) is 4.98 Å². The largest absolute Gasteiger partial charge is 0.296 e. The van der Waals surface area contributed by atoms with Crippen LogP contribution in [-0.4, -0.2) is 22.7 Å². The number of anilines is 1. The maximum atomic E-state index is 11.6. The van der Waals surface area contributed by atoms with Crippen LogP contribution in [-0.2, 0) is 4.79 Å². The molecule has 1 fully saturated rings. The van der Waals surface area contributed by atoms with Gasteiger partial charge in [-0.05, 0) is 50.7 Å². The fourth-order valence-corrected chi connectivity index (χ4v) is 2.40. The van der Waals surface area contributed by atoms with Gasteiger partial charge in [0.1, 0.15) is 10.4 Å². The number of carbonyl (C=O) groups is 1. The number of nitrogens with zero attached hydrogens (tertiary/aromatic N) is 2. The molecule has 1 atom stereocenters. The van der Waals surface area contributed by atoms with Crippen LogP contribution in [0.15, 0.2) is 16.7 Å². The molecule has 0 N–H and O–H groups in total. The fourth-order valence-electron chi connectivity index (χ4n) is 1.47. The summed E-state index contributed by atoms with van der Waals surface area (Å²) in [6, 6.07) is 3.79. The summed E-state index contributed by atoms with van der Waals surface area (Å²) in [5.74, 6) is 0.791. The zero-order valence-corrected chi connectivity index (χ0v) is 12.3. The molecule has 1 amide bonds. The lowest BCUT2D eigenvalue weighted by Crippen LogP contribution is -2.25. The minimum absolute atomic E-state index is 0.0932. The summed E-state index contributed by atoms with van der Waals surface area (Å²) >= 11 is 9.84. The van der Waals surface area contributed by atoms with Crippen LogP contribution in [0, 0.1) is 3.57 Å². The summed E-state index contributed by atoms with van der Waals surface area (Å²) in [6.45, 7) is 0.641. The van der Waals surface area contributed by atoms with Gasteiger partial charge in [0.05, 0.1) is 0 Å². The standard InChI is InChI=1S/C9H8BrIN2OS/c10-9-6(11)1-2-7(12-9)13-4-5(15)3-8(13)14/h1-2,5,15H,3-4H2. The average Bonchev–Trinajstić information content (AvgIpc) is 2.50. The van der Waals surface area contributed by atoms with Crippen molar-refractivity contribution in [2.75, 3.05) is 11.4 Å². The van der Waals surface area contributed by atoms with Gasteiger partial charge in [-0.2, -0.15) is 12.6 Å². The van der Waals surface area contributed by atoms with Crippen molar-refractivity contribution in [2.45, 2.75) is 11.7 Å². The van der Waals surface area contributed by atoms with Gasteiger partial charge in [-0.3, -0.25) is 9.69 Å². The highest BCUT2D eigenvalue weighted by atomic mass is 127. The van der Waals surface area contributed by atoms with E-state index in [4.69, 9.17) is 0 Å². The first kappa shape index (κ1) is 11.7. The summed E-state index contributed by atoms with van der Waals surface area (Å²) in [7, 11) is 0. The second-order valence-electron chi connectivity index (χ2n) is 3.30. The summed E-state index contributed by atoms with van der Waals surface area (Å²) in [6.07, 6.45) is 0.494. The first-order chi connectivity index (χ1) is 7.08. The number of halogens is 2. The second-order valence-corrected chi connectivity index (χ2v) is 5.95. The Kier molecular flexibility index (Phi) is 3.56. The average molecular weight is 399 g/mol. The van der Waals surface area contributed by atoms with Crippen LogP contribution >= 0.6 is 51.1 Å². The number of carbonyl (C=O) groups excluding carboxylic acids is 1. The van der Waals surface area contributed by atoms with E-state index in [1.165, 1.54) is 0 Å². The zero-order chi connectivity index (χ0) is 11.0. The SMILES string of the molecule is O=C1CC(S)CN1c1ccc(I)c(Br)n1. The van der Waals surface area contributed by atoms with Crippen molar-refractivity contribution >= 4 is 62.9 Å². The first-order valence-electron chi connectivity index (χ1n) is 4.38. The van der Waals surface area contributed by atoms with Gasteiger partial charge < -0.3 is 0 Å². The van der Waals surface area contributed by atoms with Crippen LogP contribution in [0.4, 0.5) is 5.82 Å². The predicted octanol–water partition coefficient (Wildman–Crippen LogP) is 2.48. The van der Waals surface area contributed by atoms with E-state index >= 15 is 0 Å². The van der Waals surface area contributed by atoms with Crippen molar-refractivity contribution < 1.29 is 4.79 Å². The minimum Gasteiger partial charge on any atom is -0.296 e. The van der Waals surface area contributed by atoms with Crippen LogP contribution in [0.2, 0.25) is 0 Å². The van der Waals surface area contributed by atoms with E-state index in [0.717, 1.165) is 8.17 Å². The quantitative estimate of drug-likeness (QED) is 0.448. The van der Waals surface area contributed by atoms with Crippen molar-refractivity contribution in [1.82, 2.24) is 4.98 Å². The maximum Gasteiger partial charge on any atom is 0.229 e. The molecule has 0 saturated carbocycles. The molecule has 0 bridgehead atoms. The molecule has 15 heavy (non-hydrogen) atoms. The molecule has 1 aromatic rings. The van der Waals surface area contributed by atoms with Crippen LogP contribution in [0.25, 0.3) is 0 Å². The maximum absolute atomic E-state index is 11.6. The van der Waals surface area contributed by atoms with Crippen molar-refractivity contribution in [3.63, 3.8) is 0 Å². The third kappa shape index (κ3) is 2.47. The van der Waals surface area contributed by atoms with Gasteiger partial charge >= 0.3 is 0 Å². The van der Waals surface area contributed by atoms with Crippen molar-refractivity contribution in [2.24, 2.45) is 0 Å². The molecule has 6 heteroatoms. The van der Waals surface area contributed by atoms with Gasteiger partial charge in [-0.1, -0.05) is 0 Å². The summed E-state index contributed by atoms with van der Waals surface area (Å²) < 4.78 is 1.81. The van der Waals surface area contributed by atoms with E-state index in [9.17, 15) is 4.79 Å². The van der Waals surface area contributed by atoms with E-state index in [1.807, 2.05) is 12.1 Å². The molecule has 2 heterocycles. The Morgan fingerprint density at radius 2 is 2.33 bits per heavy atom. The number of amides is 1. The molecular formula is C9H8BrIN2OS. The van der Waals surface area contributed by atoms with E-state index in [1.54, 1.807) is 4.90 Å². The molecule has 1 unspecified atom stereocenters. The fraction of sp³-hybridized carbons (Fsp3) is 0.333. The number of hydrogen-bond acceptors (Lipinski definition) is 3. The molecule has 1 aromatic heterocycles. The normalized spacial score (nSPS) is 21.1. The summed E-state index contributed by atoms with van der Waals surface area (Å²) in [5.41, 5.74) is 0. The van der Waals surface area contributed by atoms with Crippen LogP contribution in [0.1, 0.15) is 6.42 Å². The van der Waals surface area contributed by atoms with Crippen molar-refractivity contribution in [1.29, 1.82) is 0 Å². The van der Waals surface area contributed by atoms with Gasteiger partial charge in [0, 0.05) is 21.8 Å². The smallest absolute Gasteiger partial charge is 0.229 e. The van der Waals surface area contributed by atoms with E-state index in [-0.39, 0.29) is 11.2 Å². The third-order valence-corrected chi connectivity index (χ3v) is 4.73. The number of thiol groups is 1. The summed E-state index contributed by atoms with van der Waals surface area (Å²) in [5, 5.41) is 0.123. The Labute approximate surface area is 115 Å². The number of rotatable bonds is 1.